The number of ether oxygens (including phenoxy) is 1. The Kier molecular flexibility index (Phi) is 5.40. The first-order chi connectivity index (χ1) is 17.6. The fourth-order valence-corrected chi connectivity index (χ4v) is 4.99. The molecule has 0 unspecified atom stereocenters. The van der Waals surface area contributed by atoms with Crippen LogP contribution in [-0.4, -0.2) is 55.4 Å². The molecule has 0 spiro atoms. The van der Waals surface area contributed by atoms with Crippen molar-refractivity contribution in [1.29, 1.82) is 0 Å². The minimum atomic E-state index is -0.374. The highest BCUT2D eigenvalue weighted by Crippen LogP contribution is 2.38. The molecule has 36 heavy (non-hydrogen) atoms. The van der Waals surface area contributed by atoms with E-state index in [1.54, 1.807) is 48.6 Å². The number of hydrogen-bond donors (Lipinski definition) is 0. The molecular formula is C27H25FN6O2. The second kappa shape index (κ2) is 8.75. The smallest absolute Gasteiger partial charge is 0.328 e. The number of nitrogens with zero attached hydrogens (tertiary/aromatic N) is 6. The number of imidazole rings is 1. The molecular weight excluding hydrogens is 459 g/mol. The summed E-state index contributed by atoms with van der Waals surface area (Å²) in [7, 11) is 1.55. The summed E-state index contributed by atoms with van der Waals surface area (Å²) in [5.41, 5.74) is 4.67. The molecule has 6 rings (SSSR count). The molecule has 1 amide bonds. The molecule has 1 fully saturated rings. The van der Waals surface area contributed by atoms with Crippen LogP contribution in [0.25, 0.3) is 44.3 Å². The quantitative estimate of drug-likeness (QED) is 0.344. The lowest BCUT2D eigenvalue weighted by atomic mass is 9.97. The third-order valence-electron chi connectivity index (χ3n) is 6.91. The van der Waals surface area contributed by atoms with Crippen LogP contribution < -0.4 is 4.74 Å². The number of amides is 1. The summed E-state index contributed by atoms with van der Waals surface area (Å²) in [6.45, 7) is 4.26. The van der Waals surface area contributed by atoms with Crippen molar-refractivity contribution in [2.75, 3.05) is 20.2 Å². The third kappa shape index (κ3) is 3.50. The van der Waals surface area contributed by atoms with Crippen molar-refractivity contribution in [2.24, 2.45) is 0 Å². The Hall–Kier alpha value is -4.27. The first-order valence-corrected chi connectivity index (χ1v) is 12.0. The van der Waals surface area contributed by atoms with E-state index in [2.05, 4.69) is 15.2 Å². The second-order valence-electron chi connectivity index (χ2n) is 8.93. The molecule has 0 N–H and O–H groups in total. The first kappa shape index (κ1) is 22.2. The van der Waals surface area contributed by atoms with Crippen molar-refractivity contribution in [1.82, 2.24) is 29.2 Å². The fourth-order valence-electron chi connectivity index (χ4n) is 4.99. The van der Waals surface area contributed by atoms with Crippen LogP contribution in [-0.2, 0) is 6.54 Å². The topological polar surface area (TPSA) is 78.1 Å². The Bertz CT molecular complexity index is 1620. The van der Waals surface area contributed by atoms with Gasteiger partial charge in [-0.3, -0.25) is 4.57 Å². The zero-order chi connectivity index (χ0) is 24.8. The van der Waals surface area contributed by atoms with Crippen molar-refractivity contribution in [3.05, 3.63) is 60.9 Å². The molecule has 1 aliphatic heterocycles. The van der Waals surface area contributed by atoms with Crippen molar-refractivity contribution in [3.8, 4) is 28.0 Å². The van der Waals surface area contributed by atoms with Gasteiger partial charge in [0.1, 0.15) is 17.1 Å². The van der Waals surface area contributed by atoms with E-state index in [9.17, 15) is 4.79 Å². The third-order valence-corrected chi connectivity index (χ3v) is 6.91. The molecule has 0 saturated carbocycles. The molecule has 9 heteroatoms. The van der Waals surface area contributed by atoms with Crippen molar-refractivity contribution < 1.29 is 13.9 Å². The molecule has 2 aromatic carbocycles. The van der Waals surface area contributed by atoms with E-state index in [0.29, 0.717) is 28.0 Å². The fraction of sp³-hybridized carbons (Fsp3) is 0.259. The van der Waals surface area contributed by atoms with Gasteiger partial charge in [0, 0.05) is 54.0 Å². The van der Waals surface area contributed by atoms with Crippen LogP contribution in [0.5, 0.6) is 5.75 Å². The number of fused-ring (bicyclic) bond motifs is 2. The highest BCUT2D eigenvalue weighted by atomic mass is 19.1. The first-order valence-electron chi connectivity index (χ1n) is 12.0. The van der Waals surface area contributed by atoms with Gasteiger partial charge in [-0.1, -0.05) is 6.07 Å². The highest BCUT2D eigenvalue weighted by Gasteiger charge is 2.22. The number of rotatable bonds is 4. The zero-order valence-electron chi connectivity index (χ0n) is 20.1. The van der Waals surface area contributed by atoms with Gasteiger partial charge in [0.2, 0.25) is 0 Å². The lowest BCUT2D eigenvalue weighted by molar-refractivity contribution is 0.211. The lowest BCUT2D eigenvalue weighted by Gasteiger charge is -2.17. The molecule has 0 aliphatic carbocycles. The Morgan fingerprint density at radius 3 is 2.69 bits per heavy atom. The van der Waals surface area contributed by atoms with Crippen LogP contribution in [0.4, 0.5) is 9.18 Å². The standard InChI is InChI=1S/C27H25FN6O2/c1-3-32-16-29-25-21(15-30-31-26(25)32)17-6-7-22(28)19(12-17)20-13-18-8-11-34(23(18)14-24(20)36-2)27(35)33-9-4-5-10-33/h6-8,11-16H,3-5,9-10H2,1-2H3. The molecule has 5 aromatic rings. The maximum atomic E-state index is 15.2. The number of aromatic nitrogens is 5. The zero-order valence-corrected chi connectivity index (χ0v) is 20.1. The second-order valence-corrected chi connectivity index (χ2v) is 8.93. The summed E-state index contributed by atoms with van der Waals surface area (Å²) in [6.07, 6.45) is 7.19. The summed E-state index contributed by atoms with van der Waals surface area (Å²) >= 11 is 0. The van der Waals surface area contributed by atoms with Gasteiger partial charge < -0.3 is 14.2 Å². The number of methoxy groups -OCH3 is 1. The minimum absolute atomic E-state index is 0.0498. The summed E-state index contributed by atoms with van der Waals surface area (Å²) in [6, 6.07) is 10.5. The SMILES string of the molecule is CCn1cnc2c(-c3ccc(F)c(-c4cc5ccn(C(=O)N6CCCC6)c5cc4OC)c3)cnnc21. The van der Waals surface area contributed by atoms with E-state index in [-0.39, 0.29) is 11.8 Å². The van der Waals surface area contributed by atoms with Gasteiger partial charge in [0.05, 0.1) is 25.2 Å². The molecule has 182 valence electrons. The van der Waals surface area contributed by atoms with Crippen molar-refractivity contribution in [3.63, 3.8) is 0 Å². The molecule has 0 bridgehead atoms. The number of carbonyl (C=O) groups excluding carboxylic acids is 1. The van der Waals surface area contributed by atoms with Crippen LogP contribution in [0.1, 0.15) is 19.8 Å². The van der Waals surface area contributed by atoms with Crippen LogP contribution in [0.2, 0.25) is 0 Å². The number of hydrogen-bond acceptors (Lipinski definition) is 5. The van der Waals surface area contributed by atoms with Gasteiger partial charge in [-0.05, 0) is 49.6 Å². The maximum absolute atomic E-state index is 15.2. The van der Waals surface area contributed by atoms with Crippen LogP contribution in [0.15, 0.2) is 55.1 Å². The normalized spacial score (nSPS) is 13.7. The Morgan fingerprint density at radius 2 is 1.92 bits per heavy atom. The largest absolute Gasteiger partial charge is 0.496 e. The maximum Gasteiger partial charge on any atom is 0.328 e. The predicted molar refractivity (Wildman–Crippen MR) is 135 cm³/mol. The van der Waals surface area contributed by atoms with E-state index in [4.69, 9.17) is 4.74 Å². The average Bonchev–Trinajstić information content (AvgIpc) is 3.67. The van der Waals surface area contributed by atoms with Gasteiger partial charge >= 0.3 is 6.03 Å². The van der Waals surface area contributed by atoms with Gasteiger partial charge in [-0.25, -0.2) is 14.2 Å². The predicted octanol–water partition coefficient (Wildman–Crippen LogP) is 5.35. The Balaban J connectivity index is 1.47. The highest BCUT2D eigenvalue weighted by molar-refractivity contribution is 5.97. The lowest BCUT2D eigenvalue weighted by Crippen LogP contribution is -2.31. The van der Waals surface area contributed by atoms with Gasteiger partial charge in [0.25, 0.3) is 0 Å². The number of benzene rings is 2. The molecule has 0 atom stereocenters. The Morgan fingerprint density at radius 1 is 1.08 bits per heavy atom. The van der Waals surface area contributed by atoms with Gasteiger partial charge in [0.15, 0.2) is 5.65 Å². The molecule has 3 aromatic heterocycles. The molecule has 4 heterocycles. The number of likely N-dealkylation sites (tertiary alicyclic amines) is 1. The van der Waals surface area contributed by atoms with Crippen LogP contribution in [0, 0.1) is 5.82 Å². The van der Waals surface area contributed by atoms with E-state index < -0.39 is 0 Å². The van der Waals surface area contributed by atoms with Gasteiger partial charge in [-0.2, -0.15) is 5.10 Å². The van der Waals surface area contributed by atoms with Crippen LogP contribution >= 0.6 is 0 Å². The van der Waals surface area contributed by atoms with Gasteiger partial charge in [-0.15, -0.1) is 5.10 Å². The van der Waals surface area contributed by atoms with E-state index >= 15 is 4.39 Å². The van der Waals surface area contributed by atoms with Crippen LogP contribution in [0.3, 0.4) is 0 Å². The number of halogens is 1. The van der Waals surface area contributed by atoms with E-state index in [1.807, 2.05) is 28.5 Å². The average molecular weight is 485 g/mol. The number of aryl methyl sites for hydroxylation is 1. The summed E-state index contributed by atoms with van der Waals surface area (Å²) in [4.78, 5) is 19.4. The minimum Gasteiger partial charge on any atom is -0.496 e. The summed E-state index contributed by atoms with van der Waals surface area (Å²) in [5, 5.41) is 9.21. The van der Waals surface area contributed by atoms with E-state index in [1.165, 1.54) is 6.07 Å². The van der Waals surface area contributed by atoms with Crippen molar-refractivity contribution in [2.45, 2.75) is 26.3 Å². The van der Waals surface area contributed by atoms with Crippen molar-refractivity contribution >= 4 is 28.1 Å². The molecule has 8 nitrogen and oxygen atoms in total. The molecule has 1 aliphatic rings. The monoisotopic (exact) mass is 484 g/mol. The summed E-state index contributed by atoms with van der Waals surface area (Å²) in [5.74, 6) is 0.113. The molecule has 1 saturated heterocycles. The summed E-state index contributed by atoms with van der Waals surface area (Å²) < 4.78 is 24.5. The molecule has 0 radical (unpaired) electrons. The van der Waals surface area contributed by atoms with E-state index in [0.717, 1.165) is 54.5 Å². The number of carbonyl (C=O) groups is 1. The Labute approximate surface area is 206 Å².